The van der Waals surface area contributed by atoms with E-state index in [0.29, 0.717) is 6.54 Å². The van der Waals surface area contributed by atoms with Gasteiger partial charge in [0.2, 0.25) is 0 Å². The van der Waals surface area contributed by atoms with E-state index in [0.717, 1.165) is 17.7 Å². The number of nitrogens with zero attached hydrogens (tertiary/aromatic N) is 3. The van der Waals surface area contributed by atoms with Crippen molar-refractivity contribution in [2.75, 3.05) is 32.6 Å². The van der Waals surface area contributed by atoms with Crippen LogP contribution in [0.3, 0.4) is 0 Å². The van der Waals surface area contributed by atoms with Crippen molar-refractivity contribution in [3.8, 4) is 0 Å². The monoisotopic (exact) mass is 283 g/mol. The predicted molar refractivity (Wildman–Crippen MR) is 85.7 cm³/mol. The number of likely N-dealkylation sites (N-methyl/N-ethyl adjacent to an activating group) is 1. The van der Waals surface area contributed by atoms with Crippen LogP contribution in [-0.2, 0) is 6.42 Å². The van der Waals surface area contributed by atoms with Gasteiger partial charge >= 0.3 is 0 Å². The van der Waals surface area contributed by atoms with Crippen molar-refractivity contribution < 1.29 is 4.79 Å². The van der Waals surface area contributed by atoms with Gasteiger partial charge in [-0.2, -0.15) is 0 Å². The van der Waals surface area contributed by atoms with Crippen LogP contribution in [0.2, 0.25) is 0 Å². The normalized spacial score (nSPS) is 10.2. The fourth-order valence-corrected chi connectivity index (χ4v) is 2.07. The molecule has 0 saturated carbocycles. The molecule has 4 nitrogen and oxygen atoms in total. The first-order valence-corrected chi connectivity index (χ1v) is 6.99. The van der Waals surface area contributed by atoms with Crippen LogP contribution >= 0.6 is 0 Å². The quantitative estimate of drug-likeness (QED) is 0.846. The van der Waals surface area contributed by atoms with Crippen molar-refractivity contribution in [3.05, 3.63) is 59.9 Å². The minimum absolute atomic E-state index is 0.0503. The molecule has 0 atom stereocenters. The average Bonchev–Trinajstić information content (AvgIpc) is 2.53. The molecule has 2 aromatic rings. The first kappa shape index (κ1) is 15.0. The molecule has 21 heavy (non-hydrogen) atoms. The second-order valence-electron chi connectivity index (χ2n) is 5.27. The molecule has 0 bridgehead atoms. The van der Waals surface area contributed by atoms with E-state index in [1.165, 1.54) is 5.56 Å². The summed E-state index contributed by atoms with van der Waals surface area (Å²) in [6.07, 6.45) is 4.38. The van der Waals surface area contributed by atoms with Crippen LogP contribution in [-0.4, -0.2) is 43.5 Å². The van der Waals surface area contributed by atoms with Gasteiger partial charge in [-0.3, -0.25) is 9.78 Å². The van der Waals surface area contributed by atoms with Crippen molar-refractivity contribution in [1.82, 2.24) is 9.88 Å². The van der Waals surface area contributed by atoms with Gasteiger partial charge < -0.3 is 9.80 Å². The lowest BCUT2D eigenvalue weighted by Crippen LogP contribution is -2.28. The summed E-state index contributed by atoms with van der Waals surface area (Å²) in [5.41, 5.74) is 3.00. The average molecular weight is 283 g/mol. The Morgan fingerprint density at radius 2 is 1.62 bits per heavy atom. The van der Waals surface area contributed by atoms with E-state index in [2.05, 4.69) is 4.98 Å². The van der Waals surface area contributed by atoms with Crippen LogP contribution in [0.25, 0.3) is 0 Å². The second-order valence-corrected chi connectivity index (χ2v) is 5.27. The molecule has 0 aliphatic carbocycles. The first-order valence-electron chi connectivity index (χ1n) is 6.99. The summed E-state index contributed by atoms with van der Waals surface area (Å²) < 4.78 is 0. The SMILES string of the molecule is CN(CCc1ccncc1)C(=O)c1ccc(N(C)C)cc1. The number of hydrogen-bond donors (Lipinski definition) is 0. The Balaban J connectivity index is 1.95. The highest BCUT2D eigenvalue weighted by molar-refractivity contribution is 5.94. The molecule has 2 rings (SSSR count). The van der Waals surface area contributed by atoms with Gasteiger partial charge in [0, 0.05) is 51.3 Å². The molecule has 0 aliphatic rings. The topological polar surface area (TPSA) is 36.4 Å². The van der Waals surface area contributed by atoms with Gasteiger partial charge in [0.25, 0.3) is 5.91 Å². The number of rotatable bonds is 5. The molecule has 1 amide bonds. The second kappa shape index (κ2) is 6.88. The van der Waals surface area contributed by atoms with Crippen LogP contribution in [0.5, 0.6) is 0 Å². The van der Waals surface area contributed by atoms with E-state index < -0.39 is 0 Å². The van der Waals surface area contributed by atoms with E-state index in [1.54, 1.807) is 17.3 Å². The Labute approximate surface area is 126 Å². The number of hydrogen-bond acceptors (Lipinski definition) is 3. The third kappa shape index (κ3) is 4.05. The third-order valence-electron chi connectivity index (χ3n) is 3.46. The van der Waals surface area contributed by atoms with Crippen molar-refractivity contribution in [2.45, 2.75) is 6.42 Å². The van der Waals surface area contributed by atoms with Crippen LogP contribution in [0, 0.1) is 0 Å². The zero-order chi connectivity index (χ0) is 15.2. The van der Waals surface area contributed by atoms with Gasteiger partial charge in [-0.15, -0.1) is 0 Å². The number of amides is 1. The summed E-state index contributed by atoms with van der Waals surface area (Å²) in [6.45, 7) is 0.693. The lowest BCUT2D eigenvalue weighted by molar-refractivity contribution is 0.0796. The highest BCUT2D eigenvalue weighted by Gasteiger charge is 2.11. The minimum atomic E-state index is 0.0503. The van der Waals surface area contributed by atoms with Crippen molar-refractivity contribution >= 4 is 11.6 Å². The number of aromatic nitrogens is 1. The molecule has 0 saturated heterocycles. The smallest absolute Gasteiger partial charge is 0.253 e. The van der Waals surface area contributed by atoms with Crippen LogP contribution in [0.15, 0.2) is 48.8 Å². The number of benzene rings is 1. The number of carbonyl (C=O) groups is 1. The van der Waals surface area contributed by atoms with E-state index >= 15 is 0 Å². The van der Waals surface area contributed by atoms with Crippen molar-refractivity contribution in [1.29, 1.82) is 0 Å². The van der Waals surface area contributed by atoms with Crippen molar-refractivity contribution in [2.24, 2.45) is 0 Å². The van der Waals surface area contributed by atoms with Gasteiger partial charge in [-0.05, 0) is 48.4 Å². The van der Waals surface area contributed by atoms with E-state index in [1.807, 2.05) is 62.4 Å². The van der Waals surface area contributed by atoms with Crippen LogP contribution in [0.1, 0.15) is 15.9 Å². The molecule has 110 valence electrons. The lowest BCUT2D eigenvalue weighted by Gasteiger charge is -2.18. The highest BCUT2D eigenvalue weighted by Crippen LogP contribution is 2.13. The van der Waals surface area contributed by atoms with Gasteiger partial charge in [0.1, 0.15) is 0 Å². The zero-order valence-electron chi connectivity index (χ0n) is 12.8. The summed E-state index contributed by atoms with van der Waals surface area (Å²) >= 11 is 0. The minimum Gasteiger partial charge on any atom is -0.378 e. The van der Waals surface area contributed by atoms with Gasteiger partial charge in [-0.1, -0.05) is 0 Å². The Bertz CT molecular complexity index is 579. The molecule has 0 radical (unpaired) electrons. The van der Waals surface area contributed by atoms with Gasteiger partial charge in [0.05, 0.1) is 0 Å². The van der Waals surface area contributed by atoms with Crippen LogP contribution < -0.4 is 4.90 Å². The maximum atomic E-state index is 12.3. The lowest BCUT2D eigenvalue weighted by atomic mass is 10.1. The van der Waals surface area contributed by atoms with Gasteiger partial charge in [0.15, 0.2) is 0 Å². The Morgan fingerprint density at radius 1 is 1.00 bits per heavy atom. The molecule has 0 N–H and O–H groups in total. The zero-order valence-corrected chi connectivity index (χ0v) is 12.8. The summed E-state index contributed by atoms with van der Waals surface area (Å²) in [5, 5.41) is 0. The van der Waals surface area contributed by atoms with E-state index in [4.69, 9.17) is 0 Å². The molecule has 1 heterocycles. The maximum Gasteiger partial charge on any atom is 0.253 e. The summed E-state index contributed by atoms with van der Waals surface area (Å²) in [5.74, 6) is 0.0503. The fraction of sp³-hybridized carbons (Fsp3) is 0.294. The van der Waals surface area contributed by atoms with Crippen molar-refractivity contribution in [3.63, 3.8) is 0 Å². The number of anilines is 1. The molecule has 0 aliphatic heterocycles. The predicted octanol–water partition coefficient (Wildman–Crippen LogP) is 2.46. The maximum absolute atomic E-state index is 12.3. The molecule has 1 aromatic heterocycles. The van der Waals surface area contributed by atoms with E-state index in [-0.39, 0.29) is 5.91 Å². The largest absolute Gasteiger partial charge is 0.378 e. The number of pyridine rings is 1. The summed E-state index contributed by atoms with van der Waals surface area (Å²) in [4.78, 5) is 20.1. The first-order chi connectivity index (χ1) is 10.1. The Kier molecular flexibility index (Phi) is 4.93. The Hall–Kier alpha value is -2.36. The molecular weight excluding hydrogens is 262 g/mol. The standard InChI is InChI=1S/C17H21N3O/c1-19(2)16-6-4-15(5-7-16)17(21)20(3)13-10-14-8-11-18-12-9-14/h4-9,11-12H,10,13H2,1-3H3. The van der Waals surface area contributed by atoms with Gasteiger partial charge in [-0.25, -0.2) is 0 Å². The molecular formula is C17H21N3O. The Morgan fingerprint density at radius 3 is 2.19 bits per heavy atom. The molecule has 0 fully saturated rings. The molecule has 4 heteroatoms. The highest BCUT2D eigenvalue weighted by atomic mass is 16.2. The molecule has 0 spiro atoms. The summed E-state index contributed by atoms with van der Waals surface area (Å²) in [7, 11) is 5.80. The molecule has 1 aromatic carbocycles. The van der Waals surface area contributed by atoms with E-state index in [9.17, 15) is 4.79 Å². The summed E-state index contributed by atoms with van der Waals surface area (Å²) in [6, 6.07) is 11.6. The fourth-order valence-electron chi connectivity index (χ4n) is 2.07. The molecule has 0 unspecified atom stereocenters. The van der Waals surface area contributed by atoms with Crippen LogP contribution in [0.4, 0.5) is 5.69 Å². The number of carbonyl (C=O) groups excluding carboxylic acids is 1. The third-order valence-corrected chi connectivity index (χ3v) is 3.46.